The normalized spacial score (nSPS) is 16.0. The summed E-state index contributed by atoms with van der Waals surface area (Å²) in [5, 5.41) is 0. The van der Waals surface area contributed by atoms with Crippen LogP contribution >= 0.6 is 27.2 Å². The van der Waals surface area contributed by atoms with Crippen LogP contribution in [-0.2, 0) is 18.2 Å². The molecule has 0 radical (unpaired) electrons. The van der Waals surface area contributed by atoms with Crippen molar-refractivity contribution in [2.45, 2.75) is 136 Å². The summed E-state index contributed by atoms with van der Waals surface area (Å²) >= 11 is 5.76. The van der Waals surface area contributed by atoms with Gasteiger partial charge in [0.05, 0.1) is 15.6 Å². The molecule has 3 aliphatic rings. The van der Waals surface area contributed by atoms with Crippen molar-refractivity contribution in [2.24, 2.45) is 17.8 Å². The average Bonchev–Trinajstić information content (AvgIpc) is 4.00. The Morgan fingerprint density at radius 3 is 0.921 bits per heavy atom. The molecule has 3 saturated carbocycles. The summed E-state index contributed by atoms with van der Waals surface area (Å²) in [5.74, 6) is 6.71. The Morgan fingerprint density at radius 1 is 0.476 bits per heavy atom. The number of rotatable bonds is 19. The molecule has 0 heterocycles. The maximum atomic E-state index is 10.5. The smallest absolute Gasteiger partial charge is 0.790 e. The molecule has 3 aromatic carbocycles. The van der Waals surface area contributed by atoms with Crippen molar-refractivity contribution in [3.63, 3.8) is 0 Å². The zero-order valence-corrected chi connectivity index (χ0v) is 55.1. The third kappa shape index (κ3) is 23.3. The minimum Gasteiger partial charge on any atom is -0.790 e. The molecule has 0 N–H and O–H groups in total. The van der Waals surface area contributed by atoms with Crippen molar-refractivity contribution in [1.82, 2.24) is 0 Å². The molecule has 0 aromatic heterocycles. The molecule has 330 valence electrons. The van der Waals surface area contributed by atoms with E-state index in [0.29, 0.717) is 47.0 Å². The summed E-state index contributed by atoms with van der Waals surface area (Å²) < 4.78 is 46.2. The molecule has 3 aliphatic carbocycles. The Balaban J connectivity index is 0.000000892. The third-order valence-electron chi connectivity index (χ3n) is 11.6. The fourth-order valence-corrected chi connectivity index (χ4v) is 8.04. The molecule has 0 bridgehead atoms. The molecule has 0 spiro atoms. The van der Waals surface area contributed by atoms with Crippen LogP contribution in [0.3, 0.4) is 0 Å². The zero-order chi connectivity index (χ0) is 43.7. The second kappa shape index (κ2) is 32.3. The van der Waals surface area contributed by atoms with Gasteiger partial charge >= 0.3 is 206 Å². The number of para-hydroxylation sites is 3. The van der Waals surface area contributed by atoms with Crippen molar-refractivity contribution in [2.75, 3.05) is 19.7 Å². The third-order valence-corrected chi connectivity index (χ3v) is 12.5. The first-order valence-corrected chi connectivity index (χ1v) is 24.3. The molecule has 63 heavy (non-hydrogen) atoms. The van der Waals surface area contributed by atoms with Crippen molar-refractivity contribution in [3.05, 3.63) is 88.0 Å². The molecule has 0 unspecified atom stereocenters. The number of halogens is 1. The predicted octanol–water partition coefficient (Wildman–Crippen LogP) is -2.08. The molecule has 18 heteroatoms. The maximum absolute atomic E-state index is 10.5. The van der Waals surface area contributed by atoms with Gasteiger partial charge in [0.15, 0.2) is 19.7 Å². The van der Waals surface area contributed by atoms with Crippen LogP contribution in [0.15, 0.2) is 54.6 Å². The largest absolute Gasteiger partial charge is 1.00 e. The number of hydrogen-bond acceptors (Lipinski definition) is 11. The van der Waals surface area contributed by atoms with Gasteiger partial charge in [0.1, 0.15) is 17.2 Å². The molecule has 3 fully saturated rings. The van der Waals surface area contributed by atoms with Gasteiger partial charge in [-0.3, -0.25) is 0 Å². The summed E-state index contributed by atoms with van der Waals surface area (Å²) in [6, 6.07) is 18.6. The Bertz CT molecular complexity index is 1800. The molecule has 3 aromatic rings. The molecule has 6 rings (SSSR count). The standard InChI is InChI=1S/C15H21ClO.2C15H23O5P.4K/c1-10(2)13-5-4-6-14(15(13)17-9-16)11(3)12-7-8-12;2*1-10(2)13-5-4-6-14(11(3)12-7-8-12)15(13)19-9-20-21(16,17)18;;;;/h4-6,10-12H,7-9H2,1-3H3;2*4-6,10-12H,7-9H2,1-3H3,(H2,16,17,18);;;;/q;;;4*+1/p-4/t3*11-;;;;/m111..../s1. The maximum Gasteiger partial charge on any atom is 1.00 e. The van der Waals surface area contributed by atoms with Crippen LogP contribution < -0.4 is 239 Å². The SMILES string of the molecule is CC(C)c1cccc([C@H](C)C2CC2)c1OCCl.CC(C)c1cccc([C@H](C)C2CC2)c1OCOP(=O)([O-])[O-].CC(C)c1cccc([C@H](C)C2CC2)c1OCOP(=O)([O-])[O-].[K+].[K+].[K+].[K+]. The monoisotopic (exact) mass is 1030 g/mol. The topological polar surface area (TPSA) is 173 Å². The van der Waals surface area contributed by atoms with Gasteiger partial charge in [-0.05, 0) is 125 Å². The van der Waals surface area contributed by atoms with E-state index in [9.17, 15) is 28.7 Å². The van der Waals surface area contributed by atoms with Crippen molar-refractivity contribution in [3.8, 4) is 17.2 Å². The molecule has 0 aliphatic heterocycles. The van der Waals surface area contributed by atoms with Gasteiger partial charge in [-0.25, -0.2) is 0 Å². The van der Waals surface area contributed by atoms with Crippen LogP contribution in [-0.4, -0.2) is 19.7 Å². The van der Waals surface area contributed by atoms with E-state index in [1.165, 1.54) is 49.7 Å². The van der Waals surface area contributed by atoms with Crippen LogP contribution in [0, 0.1) is 17.8 Å². The minimum atomic E-state index is -5.01. The number of phosphoric ester groups is 2. The van der Waals surface area contributed by atoms with Gasteiger partial charge in [0, 0.05) is 0 Å². The Labute approximate surface area is 552 Å². The number of hydrogen-bond donors (Lipinski definition) is 0. The van der Waals surface area contributed by atoms with Crippen LogP contribution in [0.4, 0.5) is 0 Å². The van der Waals surface area contributed by atoms with Crippen LogP contribution in [0.1, 0.15) is 170 Å². The molecular formula is C45H63ClK4O11P2. The van der Waals surface area contributed by atoms with E-state index in [1.807, 2.05) is 64.1 Å². The Kier molecular flexibility index (Phi) is 34.4. The summed E-state index contributed by atoms with van der Waals surface area (Å²) in [6.07, 6.45) is 7.54. The molecule has 0 saturated heterocycles. The fraction of sp³-hybridized carbons (Fsp3) is 0.600. The summed E-state index contributed by atoms with van der Waals surface area (Å²) in [5.41, 5.74) is 6.71. The van der Waals surface area contributed by atoms with Crippen molar-refractivity contribution < 1.29 is 257 Å². The number of ether oxygens (including phenoxy) is 3. The van der Waals surface area contributed by atoms with E-state index in [0.717, 1.165) is 33.9 Å². The van der Waals surface area contributed by atoms with Gasteiger partial charge in [-0.15, -0.1) is 0 Å². The number of benzene rings is 3. The number of alkyl halides is 1. The first kappa shape index (κ1) is 67.1. The van der Waals surface area contributed by atoms with Crippen molar-refractivity contribution in [1.29, 1.82) is 0 Å². The van der Waals surface area contributed by atoms with Gasteiger partial charge in [-0.2, -0.15) is 0 Å². The minimum absolute atomic E-state index is 0. The first-order valence-electron chi connectivity index (χ1n) is 20.9. The zero-order valence-electron chi connectivity index (χ0n) is 40.0. The molecule has 0 amide bonds. The molecule has 11 nitrogen and oxygen atoms in total. The van der Waals surface area contributed by atoms with Gasteiger partial charge in [0.2, 0.25) is 0 Å². The Morgan fingerprint density at radius 2 is 0.714 bits per heavy atom. The van der Waals surface area contributed by atoms with E-state index in [-0.39, 0.29) is 223 Å². The van der Waals surface area contributed by atoms with E-state index < -0.39 is 29.2 Å². The summed E-state index contributed by atoms with van der Waals surface area (Å²) in [4.78, 5) is 42.2. The van der Waals surface area contributed by atoms with Crippen LogP contribution in [0.2, 0.25) is 0 Å². The van der Waals surface area contributed by atoms with Gasteiger partial charge < -0.3 is 52.0 Å². The first-order chi connectivity index (χ1) is 27.7. The predicted molar refractivity (Wildman–Crippen MR) is 225 cm³/mol. The van der Waals surface area contributed by atoms with Crippen LogP contribution in [0.5, 0.6) is 17.2 Å². The van der Waals surface area contributed by atoms with E-state index >= 15 is 0 Å². The van der Waals surface area contributed by atoms with E-state index in [4.69, 9.17) is 25.8 Å². The number of phosphoric acid groups is 2. The molecule has 3 atom stereocenters. The van der Waals surface area contributed by atoms with Crippen LogP contribution in [0.25, 0.3) is 0 Å². The fourth-order valence-electron chi connectivity index (χ4n) is 7.56. The Hall–Kier alpha value is 4.12. The quantitative estimate of drug-likeness (QED) is 0.0559. The van der Waals surface area contributed by atoms with Gasteiger partial charge in [0.25, 0.3) is 0 Å². The second-order valence-corrected chi connectivity index (χ2v) is 19.6. The summed E-state index contributed by atoms with van der Waals surface area (Å²) in [6.45, 7) is 18.0. The molecular weight excluding hydrogens is 970 g/mol. The van der Waals surface area contributed by atoms with Gasteiger partial charge in [-0.1, -0.05) is 129 Å². The average molecular weight is 1030 g/mol. The van der Waals surface area contributed by atoms with E-state index in [1.54, 1.807) is 0 Å². The van der Waals surface area contributed by atoms with Crippen molar-refractivity contribution >= 4 is 27.2 Å². The summed E-state index contributed by atoms with van der Waals surface area (Å²) in [7, 11) is -10.0. The van der Waals surface area contributed by atoms with E-state index in [2.05, 4.69) is 61.9 Å². The second-order valence-electron chi connectivity index (χ2n) is 17.1.